The van der Waals surface area contributed by atoms with Crippen LogP contribution in [-0.2, 0) is 6.54 Å². The van der Waals surface area contributed by atoms with E-state index in [1.807, 2.05) is 0 Å². The fraction of sp³-hybridized carbons (Fsp3) is 0.538. The highest BCUT2D eigenvalue weighted by Gasteiger charge is 2.03. The van der Waals surface area contributed by atoms with Crippen molar-refractivity contribution in [2.45, 2.75) is 26.8 Å². The predicted molar refractivity (Wildman–Crippen MR) is 65.7 cm³/mol. The molecule has 0 spiro atoms. The average molecular weight is 206 g/mol. The van der Waals surface area contributed by atoms with Gasteiger partial charge < -0.3 is 11.1 Å². The SMILES string of the molecule is CCC(CN)CNCc1ccccc1C. The van der Waals surface area contributed by atoms with Gasteiger partial charge in [-0.2, -0.15) is 0 Å². The first-order valence-electron chi connectivity index (χ1n) is 5.73. The van der Waals surface area contributed by atoms with Crippen LogP contribution in [0, 0.1) is 12.8 Å². The van der Waals surface area contributed by atoms with Crippen molar-refractivity contribution in [1.82, 2.24) is 5.32 Å². The molecule has 1 rings (SSSR count). The molecule has 0 saturated heterocycles. The quantitative estimate of drug-likeness (QED) is 0.748. The predicted octanol–water partition coefficient (Wildman–Crippen LogP) is 2.07. The smallest absolute Gasteiger partial charge is 0.0208 e. The van der Waals surface area contributed by atoms with Gasteiger partial charge in [-0.25, -0.2) is 0 Å². The number of nitrogens with one attached hydrogen (secondary N) is 1. The lowest BCUT2D eigenvalue weighted by molar-refractivity contribution is 0.471. The first kappa shape index (κ1) is 12.2. The lowest BCUT2D eigenvalue weighted by Gasteiger charge is -2.13. The van der Waals surface area contributed by atoms with Crippen LogP contribution < -0.4 is 11.1 Å². The molecule has 15 heavy (non-hydrogen) atoms. The molecule has 0 aromatic heterocycles. The number of rotatable bonds is 6. The summed E-state index contributed by atoms with van der Waals surface area (Å²) in [6, 6.07) is 8.49. The van der Waals surface area contributed by atoms with E-state index in [-0.39, 0.29) is 0 Å². The highest BCUT2D eigenvalue weighted by molar-refractivity contribution is 5.25. The standard InChI is InChI=1S/C13H22N2/c1-3-12(8-14)9-15-10-13-7-5-4-6-11(13)2/h4-7,12,15H,3,8-10,14H2,1-2H3. The Balaban J connectivity index is 2.34. The van der Waals surface area contributed by atoms with Crippen LogP contribution in [0.25, 0.3) is 0 Å². The number of benzene rings is 1. The van der Waals surface area contributed by atoms with Crippen molar-refractivity contribution in [3.8, 4) is 0 Å². The Morgan fingerprint density at radius 2 is 2.07 bits per heavy atom. The summed E-state index contributed by atoms with van der Waals surface area (Å²) in [7, 11) is 0. The third-order valence-corrected chi connectivity index (χ3v) is 2.92. The van der Waals surface area contributed by atoms with E-state index in [1.165, 1.54) is 11.1 Å². The fourth-order valence-corrected chi connectivity index (χ4v) is 1.61. The van der Waals surface area contributed by atoms with E-state index >= 15 is 0 Å². The van der Waals surface area contributed by atoms with Gasteiger partial charge in [-0.15, -0.1) is 0 Å². The van der Waals surface area contributed by atoms with E-state index in [0.29, 0.717) is 5.92 Å². The molecule has 1 aromatic carbocycles. The molecule has 1 atom stereocenters. The highest BCUT2D eigenvalue weighted by atomic mass is 14.9. The van der Waals surface area contributed by atoms with Crippen LogP contribution >= 0.6 is 0 Å². The molecule has 0 amide bonds. The Bertz CT molecular complexity index is 280. The zero-order chi connectivity index (χ0) is 11.1. The minimum absolute atomic E-state index is 0.606. The fourth-order valence-electron chi connectivity index (χ4n) is 1.61. The monoisotopic (exact) mass is 206 g/mol. The van der Waals surface area contributed by atoms with E-state index in [0.717, 1.165) is 26.1 Å². The Kier molecular flexibility index (Phi) is 5.37. The second-order valence-electron chi connectivity index (χ2n) is 4.07. The molecule has 1 aromatic rings. The average Bonchev–Trinajstić information content (AvgIpc) is 2.27. The zero-order valence-corrected chi connectivity index (χ0v) is 9.79. The Labute approximate surface area is 92.9 Å². The second kappa shape index (κ2) is 6.59. The van der Waals surface area contributed by atoms with Crippen LogP contribution in [0.3, 0.4) is 0 Å². The summed E-state index contributed by atoms with van der Waals surface area (Å²) in [5.41, 5.74) is 8.38. The van der Waals surface area contributed by atoms with E-state index in [2.05, 4.69) is 43.4 Å². The molecule has 0 bridgehead atoms. The maximum atomic E-state index is 5.65. The summed E-state index contributed by atoms with van der Waals surface area (Å²) in [6.45, 7) is 7.08. The molecule has 3 N–H and O–H groups in total. The van der Waals surface area contributed by atoms with E-state index < -0.39 is 0 Å². The van der Waals surface area contributed by atoms with Gasteiger partial charge in [0.2, 0.25) is 0 Å². The van der Waals surface area contributed by atoms with Crippen molar-refractivity contribution in [2.24, 2.45) is 11.7 Å². The molecule has 2 heteroatoms. The summed E-state index contributed by atoms with van der Waals surface area (Å²) >= 11 is 0. The van der Waals surface area contributed by atoms with Crippen molar-refractivity contribution in [1.29, 1.82) is 0 Å². The first-order valence-corrected chi connectivity index (χ1v) is 5.73. The molecule has 0 heterocycles. The Morgan fingerprint density at radius 1 is 1.33 bits per heavy atom. The van der Waals surface area contributed by atoms with Crippen molar-refractivity contribution in [3.63, 3.8) is 0 Å². The van der Waals surface area contributed by atoms with Gasteiger partial charge in [0.1, 0.15) is 0 Å². The van der Waals surface area contributed by atoms with Gasteiger partial charge in [0, 0.05) is 6.54 Å². The van der Waals surface area contributed by atoms with Crippen molar-refractivity contribution in [3.05, 3.63) is 35.4 Å². The molecule has 0 aliphatic carbocycles. The minimum Gasteiger partial charge on any atom is -0.330 e. The second-order valence-corrected chi connectivity index (χ2v) is 4.07. The van der Waals surface area contributed by atoms with Gasteiger partial charge in [-0.1, -0.05) is 37.6 Å². The molecule has 2 nitrogen and oxygen atoms in total. The lowest BCUT2D eigenvalue weighted by Crippen LogP contribution is -2.27. The molecular formula is C13H22N2. The van der Waals surface area contributed by atoms with E-state index in [1.54, 1.807) is 0 Å². The van der Waals surface area contributed by atoms with Crippen molar-refractivity contribution >= 4 is 0 Å². The summed E-state index contributed by atoms with van der Waals surface area (Å²) < 4.78 is 0. The van der Waals surface area contributed by atoms with Gasteiger partial charge >= 0.3 is 0 Å². The van der Waals surface area contributed by atoms with E-state index in [9.17, 15) is 0 Å². The minimum atomic E-state index is 0.606. The highest BCUT2D eigenvalue weighted by Crippen LogP contribution is 2.06. The normalized spacial score (nSPS) is 12.7. The maximum absolute atomic E-state index is 5.65. The third kappa shape index (κ3) is 4.02. The Morgan fingerprint density at radius 3 is 2.67 bits per heavy atom. The summed E-state index contributed by atoms with van der Waals surface area (Å²) in [5, 5.41) is 3.46. The van der Waals surface area contributed by atoms with Crippen LogP contribution in [0.15, 0.2) is 24.3 Å². The van der Waals surface area contributed by atoms with Gasteiger partial charge in [0.15, 0.2) is 0 Å². The van der Waals surface area contributed by atoms with E-state index in [4.69, 9.17) is 5.73 Å². The van der Waals surface area contributed by atoms with Gasteiger partial charge in [0.25, 0.3) is 0 Å². The molecule has 84 valence electrons. The van der Waals surface area contributed by atoms with Gasteiger partial charge in [-0.3, -0.25) is 0 Å². The van der Waals surface area contributed by atoms with Crippen LogP contribution in [-0.4, -0.2) is 13.1 Å². The first-order chi connectivity index (χ1) is 7.27. The van der Waals surface area contributed by atoms with Gasteiger partial charge in [0.05, 0.1) is 0 Å². The molecule has 1 unspecified atom stereocenters. The maximum Gasteiger partial charge on any atom is 0.0208 e. The van der Waals surface area contributed by atoms with Crippen LogP contribution in [0.4, 0.5) is 0 Å². The largest absolute Gasteiger partial charge is 0.330 e. The number of hydrogen-bond donors (Lipinski definition) is 2. The number of aryl methyl sites for hydroxylation is 1. The van der Waals surface area contributed by atoms with Crippen molar-refractivity contribution in [2.75, 3.05) is 13.1 Å². The molecule has 0 fully saturated rings. The number of hydrogen-bond acceptors (Lipinski definition) is 2. The molecule has 0 radical (unpaired) electrons. The summed E-state index contributed by atoms with van der Waals surface area (Å²) in [5.74, 6) is 0.606. The van der Waals surface area contributed by atoms with Gasteiger partial charge in [-0.05, 0) is 37.1 Å². The third-order valence-electron chi connectivity index (χ3n) is 2.92. The Hall–Kier alpha value is -0.860. The van der Waals surface area contributed by atoms with Crippen LogP contribution in [0.2, 0.25) is 0 Å². The molecule has 0 aliphatic rings. The lowest BCUT2D eigenvalue weighted by atomic mass is 10.1. The zero-order valence-electron chi connectivity index (χ0n) is 9.79. The number of nitrogens with two attached hydrogens (primary N) is 1. The van der Waals surface area contributed by atoms with Crippen molar-refractivity contribution < 1.29 is 0 Å². The molecular weight excluding hydrogens is 184 g/mol. The topological polar surface area (TPSA) is 38.0 Å². The van der Waals surface area contributed by atoms with Crippen LogP contribution in [0.1, 0.15) is 24.5 Å². The molecule has 0 aliphatic heterocycles. The molecule has 0 saturated carbocycles. The summed E-state index contributed by atoms with van der Waals surface area (Å²) in [4.78, 5) is 0. The van der Waals surface area contributed by atoms with Crippen LogP contribution in [0.5, 0.6) is 0 Å². The summed E-state index contributed by atoms with van der Waals surface area (Å²) in [6.07, 6.45) is 1.15.